The Bertz CT molecular complexity index is 2740. The molecule has 1 aliphatic carbocycles. The van der Waals surface area contributed by atoms with Gasteiger partial charge in [-0.3, -0.25) is 0 Å². The first-order valence-corrected chi connectivity index (χ1v) is 17.6. The number of fused-ring (bicyclic) bond motifs is 8. The number of hydrogen-bond donors (Lipinski definition) is 0. The molecule has 48 heavy (non-hydrogen) atoms. The first kappa shape index (κ1) is 27.6. The lowest BCUT2D eigenvalue weighted by Crippen LogP contribution is -2.14. The van der Waals surface area contributed by atoms with Gasteiger partial charge >= 0.3 is 0 Å². The Morgan fingerprint density at radius 2 is 1.00 bits per heavy atom. The van der Waals surface area contributed by atoms with E-state index in [1.54, 1.807) is 0 Å². The molecule has 226 valence electrons. The summed E-state index contributed by atoms with van der Waals surface area (Å²) < 4.78 is 2.66. The Labute approximate surface area is 284 Å². The molecule has 0 unspecified atom stereocenters. The van der Waals surface area contributed by atoms with Crippen LogP contribution in [0.1, 0.15) is 25.0 Å². The van der Waals surface area contributed by atoms with E-state index in [1.807, 2.05) is 11.3 Å². The van der Waals surface area contributed by atoms with Crippen molar-refractivity contribution in [1.82, 2.24) is 0 Å². The van der Waals surface area contributed by atoms with Gasteiger partial charge in [0, 0.05) is 25.6 Å². The van der Waals surface area contributed by atoms with Crippen LogP contribution in [0.5, 0.6) is 0 Å². The van der Waals surface area contributed by atoms with Crippen molar-refractivity contribution in [2.75, 3.05) is 0 Å². The van der Waals surface area contributed by atoms with Crippen molar-refractivity contribution in [2.24, 2.45) is 0 Å². The number of hydrogen-bond acceptors (Lipinski definition) is 1. The summed E-state index contributed by atoms with van der Waals surface area (Å²) in [5.74, 6) is 0. The second-order valence-corrected chi connectivity index (χ2v) is 14.7. The maximum absolute atomic E-state index is 2.46. The van der Waals surface area contributed by atoms with Gasteiger partial charge in [-0.25, -0.2) is 0 Å². The van der Waals surface area contributed by atoms with E-state index in [-0.39, 0.29) is 5.41 Å². The highest BCUT2D eigenvalue weighted by atomic mass is 32.1. The van der Waals surface area contributed by atoms with Crippen LogP contribution in [0.25, 0.3) is 86.2 Å². The van der Waals surface area contributed by atoms with E-state index < -0.39 is 0 Å². The normalized spacial score (nSPS) is 13.4. The first-order valence-electron chi connectivity index (χ1n) is 16.8. The molecule has 0 atom stereocenters. The Kier molecular flexibility index (Phi) is 5.89. The van der Waals surface area contributed by atoms with Crippen molar-refractivity contribution in [1.29, 1.82) is 0 Å². The van der Waals surface area contributed by atoms with Crippen LogP contribution in [-0.4, -0.2) is 0 Å². The van der Waals surface area contributed by atoms with Crippen molar-refractivity contribution >= 4 is 53.1 Å². The fourth-order valence-corrected chi connectivity index (χ4v) is 9.58. The highest BCUT2D eigenvalue weighted by Crippen LogP contribution is 2.52. The molecular weight excluding hydrogens is 597 g/mol. The summed E-state index contributed by atoms with van der Waals surface area (Å²) in [5, 5.41) is 7.82. The predicted molar refractivity (Wildman–Crippen MR) is 208 cm³/mol. The van der Waals surface area contributed by atoms with Gasteiger partial charge in [-0.2, -0.15) is 0 Å². The summed E-state index contributed by atoms with van der Waals surface area (Å²) >= 11 is 1.89. The van der Waals surface area contributed by atoms with Crippen LogP contribution in [0.15, 0.2) is 158 Å². The van der Waals surface area contributed by atoms with Crippen molar-refractivity contribution in [3.8, 4) is 44.5 Å². The van der Waals surface area contributed by atoms with Gasteiger partial charge in [-0.05, 0) is 101 Å². The molecule has 0 amide bonds. The molecule has 1 heteroatoms. The molecule has 0 saturated heterocycles. The maximum Gasteiger partial charge on any atom is 0.0361 e. The Morgan fingerprint density at radius 1 is 0.375 bits per heavy atom. The van der Waals surface area contributed by atoms with E-state index in [2.05, 4.69) is 172 Å². The summed E-state index contributed by atoms with van der Waals surface area (Å²) in [6.07, 6.45) is 0. The summed E-state index contributed by atoms with van der Waals surface area (Å²) in [5.41, 5.74) is 13.1. The van der Waals surface area contributed by atoms with Crippen LogP contribution >= 0.6 is 11.3 Å². The molecule has 0 saturated carbocycles. The number of thiophene rings is 1. The molecular formula is C47H32S. The van der Waals surface area contributed by atoms with Crippen molar-refractivity contribution in [3.63, 3.8) is 0 Å². The average Bonchev–Trinajstić information content (AvgIpc) is 3.63. The SMILES string of the molecule is CC1(C)c2ccccc2-c2cc(-c3c4ccccc4c(-c4cccc5sc6ccccc6c45)c4ccc(-c5ccccc5)cc34)ccc21. The molecule has 0 spiro atoms. The maximum atomic E-state index is 2.46. The van der Waals surface area contributed by atoms with Crippen LogP contribution < -0.4 is 0 Å². The van der Waals surface area contributed by atoms with Crippen LogP contribution in [0.3, 0.4) is 0 Å². The molecule has 0 aliphatic heterocycles. The second-order valence-electron chi connectivity index (χ2n) is 13.6. The summed E-state index contributed by atoms with van der Waals surface area (Å²) in [6, 6.07) is 58.9. The van der Waals surface area contributed by atoms with Crippen LogP contribution in [0, 0.1) is 0 Å². The highest BCUT2D eigenvalue weighted by molar-refractivity contribution is 7.25. The minimum Gasteiger partial charge on any atom is -0.135 e. The van der Waals surface area contributed by atoms with E-state index in [1.165, 1.54) is 97.4 Å². The molecule has 1 aromatic heterocycles. The molecule has 0 nitrogen and oxygen atoms in total. The van der Waals surface area contributed by atoms with Gasteiger partial charge in [0.15, 0.2) is 0 Å². The lowest BCUT2D eigenvalue weighted by atomic mass is 9.81. The van der Waals surface area contributed by atoms with Gasteiger partial charge in [0.25, 0.3) is 0 Å². The molecule has 10 rings (SSSR count). The standard InChI is InChI=1S/C47H32S/c1-47(2)40-20-10-8-15-32(40)38-28-31(24-26-41(38)47)44-33-16-6-7-17-34(33)45(35-25-23-30(27-39(35)44)29-13-4-3-5-14-29)37-19-12-22-43-46(37)36-18-9-11-21-42(36)48-43/h3-28H,1-2H3. The zero-order chi connectivity index (χ0) is 32.0. The molecule has 1 aliphatic rings. The Hall–Kier alpha value is -5.50. The van der Waals surface area contributed by atoms with Gasteiger partial charge in [-0.15, -0.1) is 11.3 Å². The van der Waals surface area contributed by atoms with Crippen molar-refractivity contribution in [2.45, 2.75) is 19.3 Å². The summed E-state index contributed by atoms with van der Waals surface area (Å²) in [4.78, 5) is 0. The molecule has 0 N–H and O–H groups in total. The highest BCUT2D eigenvalue weighted by Gasteiger charge is 2.35. The quantitative estimate of drug-likeness (QED) is 0.171. The third-order valence-electron chi connectivity index (χ3n) is 10.7. The predicted octanol–water partition coefficient (Wildman–Crippen LogP) is 13.7. The van der Waals surface area contributed by atoms with E-state index in [0.29, 0.717) is 0 Å². The third kappa shape index (κ3) is 3.89. The zero-order valence-electron chi connectivity index (χ0n) is 26.9. The number of benzene rings is 8. The van der Waals surface area contributed by atoms with Gasteiger partial charge in [-0.1, -0.05) is 147 Å². The Balaban J connectivity index is 1.35. The fraction of sp³-hybridized carbons (Fsp3) is 0.0638. The van der Waals surface area contributed by atoms with Crippen LogP contribution in [0.2, 0.25) is 0 Å². The van der Waals surface area contributed by atoms with Gasteiger partial charge in [0.1, 0.15) is 0 Å². The van der Waals surface area contributed by atoms with Gasteiger partial charge < -0.3 is 0 Å². The van der Waals surface area contributed by atoms with Gasteiger partial charge in [0.2, 0.25) is 0 Å². The van der Waals surface area contributed by atoms with Crippen molar-refractivity contribution < 1.29 is 0 Å². The monoisotopic (exact) mass is 628 g/mol. The molecule has 9 aromatic rings. The van der Waals surface area contributed by atoms with Gasteiger partial charge in [0.05, 0.1) is 0 Å². The summed E-state index contributed by atoms with van der Waals surface area (Å²) in [6.45, 7) is 4.72. The topological polar surface area (TPSA) is 0 Å². The smallest absolute Gasteiger partial charge is 0.0361 e. The van der Waals surface area contributed by atoms with Crippen LogP contribution in [-0.2, 0) is 5.41 Å². The largest absolute Gasteiger partial charge is 0.135 e. The lowest BCUT2D eigenvalue weighted by molar-refractivity contribution is 0.660. The van der Waals surface area contributed by atoms with E-state index in [0.717, 1.165) is 0 Å². The zero-order valence-corrected chi connectivity index (χ0v) is 27.7. The summed E-state index contributed by atoms with van der Waals surface area (Å²) in [7, 11) is 0. The van der Waals surface area contributed by atoms with Crippen molar-refractivity contribution in [3.05, 3.63) is 169 Å². The van der Waals surface area contributed by atoms with E-state index in [9.17, 15) is 0 Å². The molecule has 1 heterocycles. The average molecular weight is 629 g/mol. The molecule has 0 radical (unpaired) electrons. The second kappa shape index (κ2) is 10.2. The first-order chi connectivity index (χ1) is 23.6. The molecule has 0 fully saturated rings. The Morgan fingerprint density at radius 3 is 1.85 bits per heavy atom. The fourth-order valence-electron chi connectivity index (χ4n) is 8.45. The number of rotatable bonds is 3. The lowest BCUT2D eigenvalue weighted by Gasteiger charge is -2.22. The third-order valence-corrected chi connectivity index (χ3v) is 11.8. The minimum absolute atomic E-state index is 0.0269. The molecule has 8 aromatic carbocycles. The van der Waals surface area contributed by atoms with E-state index >= 15 is 0 Å². The minimum atomic E-state index is -0.0269. The van der Waals surface area contributed by atoms with E-state index in [4.69, 9.17) is 0 Å². The van der Waals surface area contributed by atoms with Crippen LogP contribution in [0.4, 0.5) is 0 Å². The molecule has 0 bridgehead atoms.